The molecule has 0 radical (unpaired) electrons. The summed E-state index contributed by atoms with van der Waals surface area (Å²) in [6.45, 7) is 8.13. The van der Waals surface area contributed by atoms with Gasteiger partial charge in [0.25, 0.3) is 5.91 Å². The molecular formula is C16H21N5O. The Balaban J connectivity index is 2.11. The van der Waals surface area contributed by atoms with Crippen LogP contribution in [0.15, 0.2) is 30.5 Å². The third-order valence-corrected chi connectivity index (χ3v) is 2.73. The van der Waals surface area contributed by atoms with Gasteiger partial charge in [0.15, 0.2) is 0 Å². The lowest BCUT2D eigenvalue weighted by atomic mass is 10.1. The number of pyridine rings is 1. The molecule has 2 aromatic heterocycles. The molecule has 0 aliphatic rings. The zero-order valence-corrected chi connectivity index (χ0v) is 13.3. The molecule has 2 N–H and O–H groups in total. The normalized spacial score (nSPS) is 11.1. The fourth-order valence-corrected chi connectivity index (χ4v) is 1.84. The van der Waals surface area contributed by atoms with Gasteiger partial charge in [-0.05, 0) is 45.9 Å². The van der Waals surface area contributed by atoms with Crippen LogP contribution in [0.2, 0.25) is 0 Å². The number of amides is 1. The van der Waals surface area contributed by atoms with E-state index in [9.17, 15) is 4.79 Å². The summed E-state index contributed by atoms with van der Waals surface area (Å²) in [6.07, 6.45) is 1.73. The molecule has 0 atom stereocenters. The molecule has 0 unspecified atom stereocenters. The maximum absolute atomic E-state index is 12.2. The lowest BCUT2D eigenvalue weighted by Crippen LogP contribution is -2.41. The number of carbonyl (C=O) groups excluding carboxylic acids is 1. The molecule has 2 aromatic rings. The largest absolute Gasteiger partial charge is 0.349 e. The predicted molar refractivity (Wildman–Crippen MR) is 85.6 cm³/mol. The zero-order valence-electron chi connectivity index (χ0n) is 13.3. The number of nitrogens with one attached hydrogen (secondary N) is 2. The standard InChI is InChI=1S/C16H21N5O/c1-11-9-13(14(22)21-16(2,3)4)20-15(19-11)18-10-12-7-5-6-8-17-12/h5-9H,10H2,1-4H3,(H,21,22)(H,18,19,20). The van der Waals surface area contributed by atoms with Crippen LogP contribution in [-0.4, -0.2) is 26.4 Å². The summed E-state index contributed by atoms with van der Waals surface area (Å²) in [4.78, 5) is 25.0. The number of aryl methyl sites for hydroxylation is 1. The number of aromatic nitrogens is 3. The topological polar surface area (TPSA) is 79.8 Å². The summed E-state index contributed by atoms with van der Waals surface area (Å²) < 4.78 is 0. The lowest BCUT2D eigenvalue weighted by molar-refractivity contribution is 0.0914. The molecule has 6 heteroatoms. The van der Waals surface area contributed by atoms with Crippen LogP contribution in [0.25, 0.3) is 0 Å². The highest BCUT2D eigenvalue weighted by Gasteiger charge is 2.17. The average molecular weight is 299 g/mol. The van der Waals surface area contributed by atoms with Crippen LogP contribution in [0.1, 0.15) is 42.6 Å². The van der Waals surface area contributed by atoms with Crippen LogP contribution in [-0.2, 0) is 6.54 Å². The number of anilines is 1. The zero-order chi connectivity index (χ0) is 16.2. The smallest absolute Gasteiger partial charge is 0.270 e. The molecule has 0 bridgehead atoms. The summed E-state index contributed by atoms with van der Waals surface area (Å²) >= 11 is 0. The van der Waals surface area contributed by atoms with Crippen molar-refractivity contribution >= 4 is 11.9 Å². The summed E-state index contributed by atoms with van der Waals surface area (Å²) in [5.41, 5.74) is 1.66. The number of hydrogen-bond donors (Lipinski definition) is 2. The van der Waals surface area contributed by atoms with Gasteiger partial charge in [-0.25, -0.2) is 9.97 Å². The molecule has 0 saturated carbocycles. The summed E-state index contributed by atoms with van der Waals surface area (Å²) in [5.74, 6) is 0.212. The Morgan fingerprint density at radius 2 is 2.00 bits per heavy atom. The van der Waals surface area contributed by atoms with E-state index in [1.54, 1.807) is 12.3 Å². The number of carbonyl (C=O) groups is 1. The van der Waals surface area contributed by atoms with Crippen molar-refractivity contribution in [1.29, 1.82) is 0 Å². The molecule has 2 heterocycles. The van der Waals surface area contributed by atoms with Gasteiger partial charge in [-0.1, -0.05) is 6.07 Å². The molecular weight excluding hydrogens is 278 g/mol. The fraction of sp³-hybridized carbons (Fsp3) is 0.375. The van der Waals surface area contributed by atoms with Gasteiger partial charge in [-0.3, -0.25) is 9.78 Å². The Morgan fingerprint density at radius 3 is 2.64 bits per heavy atom. The highest BCUT2D eigenvalue weighted by Crippen LogP contribution is 2.08. The van der Waals surface area contributed by atoms with Crippen LogP contribution < -0.4 is 10.6 Å². The van der Waals surface area contributed by atoms with E-state index in [0.717, 1.165) is 11.4 Å². The first-order chi connectivity index (χ1) is 10.3. The Morgan fingerprint density at radius 1 is 1.23 bits per heavy atom. The Bertz CT molecular complexity index is 649. The Kier molecular flexibility index (Phi) is 4.70. The summed E-state index contributed by atoms with van der Waals surface area (Å²) in [7, 11) is 0. The first-order valence-electron chi connectivity index (χ1n) is 7.15. The molecule has 2 rings (SSSR count). The number of rotatable bonds is 4. The third kappa shape index (κ3) is 4.80. The van der Waals surface area contributed by atoms with Crippen molar-refractivity contribution in [1.82, 2.24) is 20.3 Å². The highest BCUT2D eigenvalue weighted by atomic mass is 16.2. The monoisotopic (exact) mass is 299 g/mol. The van der Waals surface area contributed by atoms with Crippen molar-refractivity contribution in [3.05, 3.63) is 47.5 Å². The Labute approximate surface area is 130 Å². The fourth-order valence-electron chi connectivity index (χ4n) is 1.84. The molecule has 116 valence electrons. The molecule has 1 amide bonds. The minimum absolute atomic E-state index is 0.209. The lowest BCUT2D eigenvalue weighted by Gasteiger charge is -2.20. The molecule has 0 aliphatic carbocycles. The van der Waals surface area contributed by atoms with Crippen LogP contribution in [0.3, 0.4) is 0 Å². The van der Waals surface area contributed by atoms with Crippen LogP contribution in [0, 0.1) is 6.92 Å². The predicted octanol–water partition coefficient (Wildman–Crippen LogP) is 2.32. The highest BCUT2D eigenvalue weighted by molar-refractivity contribution is 5.93. The quantitative estimate of drug-likeness (QED) is 0.905. The van der Waals surface area contributed by atoms with Crippen LogP contribution >= 0.6 is 0 Å². The third-order valence-electron chi connectivity index (χ3n) is 2.73. The van der Waals surface area contributed by atoms with E-state index in [0.29, 0.717) is 18.2 Å². The van der Waals surface area contributed by atoms with E-state index in [2.05, 4.69) is 25.6 Å². The second-order valence-corrected chi connectivity index (χ2v) is 6.10. The number of hydrogen-bond acceptors (Lipinski definition) is 5. The summed E-state index contributed by atoms with van der Waals surface area (Å²) in [6, 6.07) is 7.37. The minimum Gasteiger partial charge on any atom is -0.349 e. The van der Waals surface area contributed by atoms with Gasteiger partial charge in [-0.2, -0.15) is 0 Å². The second kappa shape index (κ2) is 6.51. The van der Waals surface area contributed by atoms with E-state index >= 15 is 0 Å². The molecule has 0 aromatic carbocycles. The maximum Gasteiger partial charge on any atom is 0.270 e. The van der Waals surface area contributed by atoms with Gasteiger partial charge < -0.3 is 10.6 Å². The van der Waals surface area contributed by atoms with Gasteiger partial charge in [0.05, 0.1) is 12.2 Å². The van der Waals surface area contributed by atoms with Gasteiger partial charge in [-0.15, -0.1) is 0 Å². The number of nitrogens with zero attached hydrogens (tertiary/aromatic N) is 3. The molecule has 0 saturated heterocycles. The van der Waals surface area contributed by atoms with Crippen molar-refractivity contribution in [2.24, 2.45) is 0 Å². The molecule has 0 fully saturated rings. The van der Waals surface area contributed by atoms with Crippen molar-refractivity contribution in [2.45, 2.75) is 39.8 Å². The molecule has 6 nitrogen and oxygen atoms in total. The van der Waals surface area contributed by atoms with Crippen molar-refractivity contribution < 1.29 is 4.79 Å². The summed E-state index contributed by atoms with van der Waals surface area (Å²) in [5, 5.41) is 5.99. The van der Waals surface area contributed by atoms with Crippen molar-refractivity contribution in [3.8, 4) is 0 Å². The van der Waals surface area contributed by atoms with Crippen molar-refractivity contribution in [3.63, 3.8) is 0 Å². The van der Waals surface area contributed by atoms with E-state index in [1.807, 2.05) is 45.9 Å². The van der Waals surface area contributed by atoms with Gasteiger partial charge in [0.1, 0.15) is 5.69 Å². The Hall–Kier alpha value is -2.50. The van der Waals surface area contributed by atoms with Gasteiger partial charge >= 0.3 is 0 Å². The van der Waals surface area contributed by atoms with Crippen molar-refractivity contribution in [2.75, 3.05) is 5.32 Å². The average Bonchev–Trinajstić information content (AvgIpc) is 2.44. The van der Waals surface area contributed by atoms with E-state index in [1.165, 1.54) is 0 Å². The van der Waals surface area contributed by atoms with Gasteiger partial charge in [0.2, 0.25) is 5.95 Å². The van der Waals surface area contributed by atoms with Gasteiger partial charge in [0, 0.05) is 17.4 Å². The minimum atomic E-state index is -0.308. The van der Waals surface area contributed by atoms with E-state index < -0.39 is 0 Å². The maximum atomic E-state index is 12.2. The van der Waals surface area contributed by atoms with Crippen LogP contribution in [0.4, 0.5) is 5.95 Å². The van der Waals surface area contributed by atoms with Crippen LogP contribution in [0.5, 0.6) is 0 Å². The SMILES string of the molecule is Cc1cc(C(=O)NC(C)(C)C)nc(NCc2ccccn2)n1. The molecule has 0 aliphatic heterocycles. The molecule has 22 heavy (non-hydrogen) atoms. The first kappa shape index (κ1) is 15.9. The molecule has 0 spiro atoms. The first-order valence-corrected chi connectivity index (χ1v) is 7.15. The van der Waals surface area contributed by atoms with E-state index in [-0.39, 0.29) is 11.4 Å². The second-order valence-electron chi connectivity index (χ2n) is 6.10. The van der Waals surface area contributed by atoms with E-state index in [4.69, 9.17) is 0 Å².